The first-order valence-corrected chi connectivity index (χ1v) is 9.95. The quantitative estimate of drug-likeness (QED) is 0.702. The molecule has 1 heterocycles. The van der Waals surface area contributed by atoms with Gasteiger partial charge in [0.25, 0.3) is 0 Å². The maximum Gasteiger partial charge on any atom is 0.240 e. The molecule has 0 spiro atoms. The Morgan fingerprint density at radius 1 is 0.967 bits per heavy atom. The lowest BCUT2D eigenvalue weighted by Crippen LogP contribution is -2.41. The van der Waals surface area contributed by atoms with Crippen molar-refractivity contribution < 1.29 is 9.59 Å². The number of anilines is 1. The highest BCUT2D eigenvalue weighted by Crippen LogP contribution is 2.32. The third kappa shape index (κ3) is 4.46. The smallest absolute Gasteiger partial charge is 0.240 e. The van der Waals surface area contributed by atoms with Crippen LogP contribution in [0.1, 0.15) is 23.1 Å². The minimum atomic E-state index is -0.207. The molecule has 0 saturated heterocycles. The number of para-hydroxylation sites is 2. The van der Waals surface area contributed by atoms with Crippen LogP contribution in [0.25, 0.3) is 0 Å². The number of aliphatic imine (C=N–C) groups is 1. The molecule has 0 radical (unpaired) electrons. The molecule has 0 fully saturated rings. The molecule has 150 valence electrons. The number of fused-ring (bicyclic) bond motifs is 1. The Morgan fingerprint density at radius 3 is 2.43 bits per heavy atom. The summed E-state index contributed by atoms with van der Waals surface area (Å²) in [5.74, 6) is -0.352. The molecule has 0 saturated carbocycles. The Kier molecular flexibility index (Phi) is 5.70. The number of nitrogens with zero attached hydrogens (tertiary/aromatic N) is 2. The van der Waals surface area contributed by atoms with Gasteiger partial charge in [-0.15, -0.1) is 0 Å². The van der Waals surface area contributed by atoms with E-state index in [-0.39, 0.29) is 24.8 Å². The van der Waals surface area contributed by atoms with Crippen molar-refractivity contribution in [2.75, 3.05) is 11.4 Å². The summed E-state index contributed by atoms with van der Waals surface area (Å²) in [4.78, 5) is 32.0. The molecule has 1 aliphatic heterocycles. The third-order valence-electron chi connectivity index (χ3n) is 5.07. The van der Waals surface area contributed by atoms with Crippen LogP contribution >= 0.6 is 0 Å². The van der Waals surface area contributed by atoms with E-state index in [0.717, 1.165) is 11.1 Å². The van der Waals surface area contributed by atoms with Crippen molar-refractivity contribution in [3.63, 3.8) is 0 Å². The number of hydrogen-bond donors (Lipinski definition) is 1. The molecule has 1 aliphatic rings. The largest absolute Gasteiger partial charge is 0.350 e. The van der Waals surface area contributed by atoms with Crippen molar-refractivity contribution in [1.29, 1.82) is 0 Å². The third-order valence-corrected chi connectivity index (χ3v) is 5.07. The summed E-state index contributed by atoms with van der Waals surface area (Å²) in [5.41, 5.74) is 5.15. The maximum atomic E-state index is 13.1. The van der Waals surface area contributed by atoms with Gasteiger partial charge in [0.05, 0.1) is 23.5 Å². The second-order valence-electron chi connectivity index (χ2n) is 7.33. The summed E-state index contributed by atoms with van der Waals surface area (Å²) in [6, 6.07) is 25.1. The first kappa shape index (κ1) is 19.6. The van der Waals surface area contributed by atoms with E-state index in [1.165, 1.54) is 10.5 Å². The Bertz CT molecular complexity index is 1090. The molecule has 0 aliphatic carbocycles. The van der Waals surface area contributed by atoms with Gasteiger partial charge in [0, 0.05) is 6.54 Å². The molecule has 1 N–H and O–H groups in total. The van der Waals surface area contributed by atoms with Gasteiger partial charge < -0.3 is 10.2 Å². The molecule has 0 aromatic heterocycles. The first-order valence-electron chi connectivity index (χ1n) is 9.95. The maximum absolute atomic E-state index is 13.1. The van der Waals surface area contributed by atoms with Crippen LogP contribution < -0.4 is 10.2 Å². The van der Waals surface area contributed by atoms with Crippen molar-refractivity contribution in [3.05, 3.63) is 95.6 Å². The van der Waals surface area contributed by atoms with Crippen LogP contribution in [0, 0.1) is 6.92 Å². The van der Waals surface area contributed by atoms with Gasteiger partial charge in [-0.25, -0.2) is 0 Å². The molecule has 3 aromatic rings. The number of carbonyl (C=O) groups is 2. The molecular weight excluding hydrogens is 374 g/mol. The van der Waals surface area contributed by atoms with Crippen molar-refractivity contribution in [3.8, 4) is 0 Å². The van der Waals surface area contributed by atoms with Gasteiger partial charge in [-0.3, -0.25) is 14.6 Å². The van der Waals surface area contributed by atoms with Crippen molar-refractivity contribution >= 4 is 28.9 Å². The molecule has 0 atom stereocenters. The topological polar surface area (TPSA) is 61.8 Å². The van der Waals surface area contributed by atoms with Gasteiger partial charge in [-0.1, -0.05) is 72.3 Å². The zero-order chi connectivity index (χ0) is 20.9. The summed E-state index contributed by atoms with van der Waals surface area (Å²) in [6.07, 6.45) is 0.143. The molecule has 0 bridgehead atoms. The molecule has 0 unspecified atom stereocenters. The zero-order valence-corrected chi connectivity index (χ0v) is 16.8. The lowest BCUT2D eigenvalue weighted by molar-refractivity contribution is -0.123. The van der Waals surface area contributed by atoms with Crippen LogP contribution in [0.15, 0.2) is 83.9 Å². The van der Waals surface area contributed by atoms with Crippen LogP contribution in [0.4, 0.5) is 11.4 Å². The fraction of sp³-hybridized carbons (Fsp3) is 0.160. The second-order valence-corrected chi connectivity index (χ2v) is 7.33. The number of rotatable bonds is 5. The summed E-state index contributed by atoms with van der Waals surface area (Å²) in [6.45, 7) is 2.41. The lowest BCUT2D eigenvalue weighted by Gasteiger charge is -2.22. The average Bonchev–Trinajstić information content (AvgIpc) is 2.91. The number of aryl methyl sites for hydroxylation is 1. The van der Waals surface area contributed by atoms with Crippen molar-refractivity contribution in [1.82, 2.24) is 5.32 Å². The summed E-state index contributed by atoms with van der Waals surface area (Å²) in [5, 5.41) is 2.91. The van der Waals surface area contributed by atoms with E-state index >= 15 is 0 Å². The fourth-order valence-electron chi connectivity index (χ4n) is 3.42. The minimum absolute atomic E-state index is 0.0424. The van der Waals surface area contributed by atoms with Gasteiger partial charge in [0.2, 0.25) is 11.8 Å². The van der Waals surface area contributed by atoms with Gasteiger partial charge in [0.1, 0.15) is 6.54 Å². The van der Waals surface area contributed by atoms with Crippen molar-refractivity contribution in [2.24, 2.45) is 4.99 Å². The summed E-state index contributed by atoms with van der Waals surface area (Å²) < 4.78 is 0. The summed E-state index contributed by atoms with van der Waals surface area (Å²) >= 11 is 0. The van der Waals surface area contributed by atoms with Gasteiger partial charge in [-0.2, -0.15) is 0 Å². The Labute approximate surface area is 176 Å². The standard InChI is InChI=1S/C25H23N3O2/c1-18-11-13-19(14-12-18)16-26-24(29)17-28-23-10-6-5-9-21(23)27-22(15-25(28)30)20-7-3-2-4-8-20/h2-14H,15-17H2,1H3,(H,26,29). The predicted molar refractivity (Wildman–Crippen MR) is 119 cm³/mol. The molecule has 3 aromatic carbocycles. The van der Waals surface area contributed by atoms with Crippen LogP contribution in [0.3, 0.4) is 0 Å². The normalized spacial score (nSPS) is 13.3. The van der Waals surface area contributed by atoms with Gasteiger partial charge in [-0.05, 0) is 30.2 Å². The SMILES string of the molecule is Cc1ccc(CNC(=O)CN2C(=O)CC(c3ccccc3)=Nc3ccccc32)cc1. The van der Waals surface area contributed by atoms with Crippen molar-refractivity contribution in [2.45, 2.75) is 19.9 Å². The number of nitrogens with one attached hydrogen (secondary N) is 1. The number of amides is 2. The zero-order valence-electron chi connectivity index (χ0n) is 16.8. The predicted octanol–water partition coefficient (Wildman–Crippen LogP) is 4.17. The minimum Gasteiger partial charge on any atom is -0.350 e. The Morgan fingerprint density at radius 2 is 1.67 bits per heavy atom. The van der Waals surface area contributed by atoms with E-state index in [4.69, 9.17) is 4.99 Å². The summed E-state index contributed by atoms with van der Waals surface area (Å²) in [7, 11) is 0. The highest BCUT2D eigenvalue weighted by Gasteiger charge is 2.26. The van der Waals surface area contributed by atoms with Gasteiger partial charge in [0.15, 0.2) is 0 Å². The highest BCUT2D eigenvalue weighted by molar-refractivity contribution is 6.18. The molecule has 30 heavy (non-hydrogen) atoms. The Hall–Kier alpha value is -3.73. The highest BCUT2D eigenvalue weighted by atomic mass is 16.2. The molecular formula is C25H23N3O2. The molecule has 4 rings (SSSR count). The van der Waals surface area contributed by atoms with E-state index < -0.39 is 0 Å². The number of hydrogen-bond acceptors (Lipinski definition) is 3. The monoisotopic (exact) mass is 397 g/mol. The molecule has 5 heteroatoms. The van der Waals surface area contributed by atoms with E-state index in [9.17, 15) is 9.59 Å². The molecule has 2 amide bonds. The van der Waals surface area contributed by atoms with Crippen LogP contribution in [-0.4, -0.2) is 24.1 Å². The molecule has 5 nitrogen and oxygen atoms in total. The van der Waals surface area contributed by atoms with E-state index in [0.29, 0.717) is 23.6 Å². The van der Waals surface area contributed by atoms with Crippen LogP contribution in [0.2, 0.25) is 0 Å². The van der Waals surface area contributed by atoms with Crippen LogP contribution in [0.5, 0.6) is 0 Å². The van der Waals surface area contributed by atoms with E-state index in [2.05, 4.69) is 5.32 Å². The number of carbonyl (C=O) groups excluding carboxylic acids is 2. The second kappa shape index (κ2) is 8.74. The van der Waals surface area contributed by atoms with E-state index in [1.807, 2.05) is 85.8 Å². The Balaban J connectivity index is 1.52. The lowest BCUT2D eigenvalue weighted by atomic mass is 10.1. The van der Waals surface area contributed by atoms with E-state index in [1.54, 1.807) is 0 Å². The first-order chi connectivity index (χ1) is 14.6. The van der Waals surface area contributed by atoms with Gasteiger partial charge >= 0.3 is 0 Å². The fourth-order valence-corrected chi connectivity index (χ4v) is 3.42. The average molecular weight is 397 g/mol. The van der Waals surface area contributed by atoms with Crippen LogP contribution in [-0.2, 0) is 16.1 Å². The number of benzene rings is 3.